The van der Waals surface area contributed by atoms with E-state index in [1.165, 1.54) is 6.42 Å². The van der Waals surface area contributed by atoms with Crippen LogP contribution in [0, 0.1) is 0 Å². The fourth-order valence-corrected chi connectivity index (χ4v) is 3.35. The number of carboxylic acids is 1. The van der Waals surface area contributed by atoms with Gasteiger partial charge >= 0.3 is 5.97 Å². The lowest BCUT2D eigenvalue weighted by molar-refractivity contribution is 0.0695. The third-order valence-electron chi connectivity index (χ3n) is 4.29. The summed E-state index contributed by atoms with van der Waals surface area (Å²) in [7, 11) is 0. The third-order valence-corrected chi connectivity index (χ3v) is 4.29. The van der Waals surface area contributed by atoms with Crippen LogP contribution in [0.15, 0.2) is 30.3 Å². The summed E-state index contributed by atoms with van der Waals surface area (Å²) in [5.74, 6) is -0.395. The summed E-state index contributed by atoms with van der Waals surface area (Å²) in [6.07, 6.45) is 5.61. The number of phenols is 1. The fourth-order valence-electron chi connectivity index (χ4n) is 3.35. The van der Waals surface area contributed by atoms with Crippen LogP contribution in [0.4, 0.5) is 0 Å². The first kappa shape index (κ1) is 13.0. The van der Waals surface area contributed by atoms with Gasteiger partial charge < -0.3 is 10.2 Å². The monoisotopic (exact) mass is 270 g/mol. The van der Waals surface area contributed by atoms with Crippen molar-refractivity contribution in [2.24, 2.45) is 0 Å². The van der Waals surface area contributed by atoms with Gasteiger partial charge in [-0.2, -0.15) is 0 Å². The summed E-state index contributed by atoms with van der Waals surface area (Å²) < 4.78 is 0. The first-order valence-electron chi connectivity index (χ1n) is 7.16. The van der Waals surface area contributed by atoms with Crippen LogP contribution < -0.4 is 0 Å². The minimum atomic E-state index is -0.879. The highest BCUT2D eigenvalue weighted by atomic mass is 16.4. The van der Waals surface area contributed by atoms with E-state index in [9.17, 15) is 15.0 Å². The third kappa shape index (κ3) is 2.24. The highest BCUT2D eigenvalue weighted by molar-refractivity contribution is 5.98. The molecule has 3 heteroatoms. The topological polar surface area (TPSA) is 57.5 Å². The van der Waals surface area contributed by atoms with Crippen molar-refractivity contribution >= 4 is 16.7 Å². The summed E-state index contributed by atoms with van der Waals surface area (Å²) in [5, 5.41) is 21.1. The van der Waals surface area contributed by atoms with Gasteiger partial charge in [0.15, 0.2) is 0 Å². The first-order valence-corrected chi connectivity index (χ1v) is 7.16. The van der Waals surface area contributed by atoms with Gasteiger partial charge in [-0.15, -0.1) is 0 Å². The Morgan fingerprint density at radius 3 is 2.45 bits per heavy atom. The van der Waals surface area contributed by atoms with Gasteiger partial charge in [-0.3, -0.25) is 0 Å². The van der Waals surface area contributed by atoms with Crippen molar-refractivity contribution in [1.82, 2.24) is 0 Å². The van der Waals surface area contributed by atoms with Crippen molar-refractivity contribution in [2.45, 2.75) is 38.0 Å². The van der Waals surface area contributed by atoms with E-state index in [2.05, 4.69) is 0 Å². The van der Waals surface area contributed by atoms with Crippen LogP contribution in [0.1, 0.15) is 53.9 Å². The zero-order valence-electron chi connectivity index (χ0n) is 11.3. The van der Waals surface area contributed by atoms with Crippen LogP contribution in [0.25, 0.3) is 10.8 Å². The molecule has 0 radical (unpaired) electrons. The maximum absolute atomic E-state index is 11.5. The van der Waals surface area contributed by atoms with Crippen LogP contribution >= 0.6 is 0 Å². The molecular weight excluding hydrogens is 252 g/mol. The molecule has 0 amide bonds. The molecule has 104 valence electrons. The van der Waals surface area contributed by atoms with Crippen molar-refractivity contribution in [1.29, 1.82) is 0 Å². The van der Waals surface area contributed by atoms with E-state index in [0.717, 1.165) is 42.0 Å². The van der Waals surface area contributed by atoms with Crippen LogP contribution in [0.5, 0.6) is 5.75 Å². The Morgan fingerprint density at radius 1 is 1.05 bits per heavy atom. The maximum atomic E-state index is 11.5. The number of hydrogen-bond acceptors (Lipinski definition) is 2. The lowest BCUT2D eigenvalue weighted by atomic mass is 9.80. The lowest BCUT2D eigenvalue weighted by Crippen LogP contribution is -2.11. The number of rotatable bonds is 2. The summed E-state index contributed by atoms with van der Waals surface area (Å²) in [6, 6.07) is 8.72. The maximum Gasteiger partial charge on any atom is 0.335 e. The molecular formula is C17H18O3. The van der Waals surface area contributed by atoms with Gasteiger partial charge in [0.2, 0.25) is 0 Å². The van der Waals surface area contributed by atoms with E-state index >= 15 is 0 Å². The summed E-state index contributed by atoms with van der Waals surface area (Å²) >= 11 is 0. The van der Waals surface area contributed by atoms with Gasteiger partial charge in [0.05, 0.1) is 5.56 Å². The summed E-state index contributed by atoms with van der Waals surface area (Å²) in [6.45, 7) is 0. The molecule has 0 atom stereocenters. The van der Waals surface area contributed by atoms with E-state index < -0.39 is 5.97 Å². The predicted octanol–water partition coefficient (Wildman–Crippen LogP) is 4.29. The highest BCUT2D eigenvalue weighted by Gasteiger charge is 2.23. The molecule has 3 nitrogen and oxygen atoms in total. The number of hydrogen-bond donors (Lipinski definition) is 2. The summed E-state index contributed by atoms with van der Waals surface area (Å²) in [5.41, 5.74) is 1.29. The Balaban J connectivity index is 2.25. The Kier molecular flexibility index (Phi) is 3.35. The van der Waals surface area contributed by atoms with Gasteiger partial charge in [-0.1, -0.05) is 31.4 Å². The molecule has 1 fully saturated rings. The molecule has 3 rings (SSSR count). The Labute approximate surface area is 117 Å². The highest BCUT2D eigenvalue weighted by Crippen LogP contribution is 2.39. The van der Waals surface area contributed by atoms with Gasteiger partial charge in [0.25, 0.3) is 0 Å². The van der Waals surface area contributed by atoms with E-state index in [1.54, 1.807) is 18.2 Å². The van der Waals surface area contributed by atoms with Gasteiger partial charge in [0, 0.05) is 0 Å². The normalized spacial score (nSPS) is 16.4. The molecule has 0 unspecified atom stereocenters. The second kappa shape index (κ2) is 5.16. The lowest BCUT2D eigenvalue weighted by Gasteiger charge is -2.25. The van der Waals surface area contributed by atoms with Crippen LogP contribution in [-0.4, -0.2) is 16.2 Å². The zero-order chi connectivity index (χ0) is 14.1. The Hall–Kier alpha value is -2.03. The molecule has 0 aliphatic heterocycles. The molecule has 2 aromatic rings. The standard InChI is InChI=1S/C17H18O3/c18-13-8-6-11-7-9-14(17(19)20)16(15(11)10-13)12-4-2-1-3-5-12/h6-10,12,18H,1-5H2,(H,19,20). The minimum Gasteiger partial charge on any atom is -0.508 e. The molecule has 1 saturated carbocycles. The number of carboxylic acid groups (broad SMARTS) is 1. The molecule has 2 aromatic carbocycles. The molecule has 0 aromatic heterocycles. The molecule has 0 spiro atoms. The smallest absolute Gasteiger partial charge is 0.335 e. The fraction of sp³-hybridized carbons (Fsp3) is 0.353. The Morgan fingerprint density at radius 2 is 1.75 bits per heavy atom. The van der Waals surface area contributed by atoms with E-state index in [4.69, 9.17) is 0 Å². The average Bonchev–Trinajstić information content (AvgIpc) is 2.46. The van der Waals surface area contributed by atoms with E-state index in [1.807, 2.05) is 12.1 Å². The second-order valence-corrected chi connectivity index (χ2v) is 5.57. The zero-order valence-corrected chi connectivity index (χ0v) is 11.3. The first-order chi connectivity index (χ1) is 9.66. The summed E-state index contributed by atoms with van der Waals surface area (Å²) in [4.78, 5) is 11.5. The number of benzene rings is 2. The van der Waals surface area contributed by atoms with Crippen molar-refractivity contribution in [3.05, 3.63) is 41.5 Å². The van der Waals surface area contributed by atoms with Crippen molar-refractivity contribution < 1.29 is 15.0 Å². The molecule has 2 N–H and O–H groups in total. The minimum absolute atomic E-state index is 0.192. The number of aromatic carboxylic acids is 1. The predicted molar refractivity (Wildman–Crippen MR) is 78.4 cm³/mol. The van der Waals surface area contributed by atoms with Crippen molar-refractivity contribution in [2.75, 3.05) is 0 Å². The van der Waals surface area contributed by atoms with Gasteiger partial charge in [-0.05, 0) is 53.3 Å². The molecule has 1 aliphatic carbocycles. The largest absolute Gasteiger partial charge is 0.508 e. The number of carbonyl (C=O) groups is 1. The molecule has 0 heterocycles. The van der Waals surface area contributed by atoms with Crippen LogP contribution in [0.2, 0.25) is 0 Å². The quantitative estimate of drug-likeness (QED) is 0.855. The second-order valence-electron chi connectivity index (χ2n) is 5.57. The molecule has 1 aliphatic rings. The van der Waals surface area contributed by atoms with Crippen LogP contribution in [0.3, 0.4) is 0 Å². The number of fused-ring (bicyclic) bond motifs is 1. The number of aromatic hydroxyl groups is 1. The number of phenolic OH excluding ortho intramolecular Hbond substituents is 1. The van der Waals surface area contributed by atoms with Crippen molar-refractivity contribution in [3.63, 3.8) is 0 Å². The van der Waals surface area contributed by atoms with Crippen LogP contribution in [-0.2, 0) is 0 Å². The molecule has 0 bridgehead atoms. The van der Waals surface area contributed by atoms with E-state index in [-0.39, 0.29) is 5.75 Å². The molecule has 0 saturated heterocycles. The average molecular weight is 270 g/mol. The SMILES string of the molecule is O=C(O)c1ccc2ccc(O)cc2c1C1CCCCC1. The van der Waals surface area contributed by atoms with E-state index in [0.29, 0.717) is 11.5 Å². The van der Waals surface area contributed by atoms with Gasteiger partial charge in [0.1, 0.15) is 5.75 Å². The van der Waals surface area contributed by atoms with Crippen molar-refractivity contribution in [3.8, 4) is 5.75 Å². The molecule has 20 heavy (non-hydrogen) atoms. The van der Waals surface area contributed by atoms with Gasteiger partial charge in [-0.25, -0.2) is 4.79 Å². The Bertz CT molecular complexity index is 655.